The first-order chi connectivity index (χ1) is 11.2. The molecule has 128 valence electrons. The molecule has 0 saturated carbocycles. The standard InChI is InChI=1S/C15H23N3O4S/c1-21-6-3-16-14(19)15(20)17-10-13(12-2-9-23-11-12)18-4-7-22-8-5-18/h2,9,11,13H,3-8,10H2,1H3,(H,16,19)(H,17,20). The highest BCUT2D eigenvalue weighted by Gasteiger charge is 2.24. The minimum atomic E-state index is -0.631. The van der Waals surface area contributed by atoms with Gasteiger partial charge in [0, 0.05) is 33.3 Å². The van der Waals surface area contributed by atoms with E-state index in [1.54, 1.807) is 18.4 Å². The van der Waals surface area contributed by atoms with E-state index in [9.17, 15) is 9.59 Å². The van der Waals surface area contributed by atoms with Crippen molar-refractivity contribution in [3.63, 3.8) is 0 Å². The van der Waals surface area contributed by atoms with Crippen LogP contribution >= 0.6 is 11.3 Å². The maximum atomic E-state index is 11.9. The molecule has 1 atom stereocenters. The number of hydrogen-bond acceptors (Lipinski definition) is 6. The summed E-state index contributed by atoms with van der Waals surface area (Å²) in [6.07, 6.45) is 0. The molecule has 1 fully saturated rings. The molecule has 0 aromatic carbocycles. The number of nitrogens with one attached hydrogen (secondary N) is 2. The first-order valence-corrected chi connectivity index (χ1v) is 8.55. The quantitative estimate of drug-likeness (QED) is 0.539. The average molecular weight is 341 g/mol. The van der Waals surface area contributed by atoms with Gasteiger partial charge < -0.3 is 20.1 Å². The lowest BCUT2D eigenvalue weighted by Crippen LogP contribution is -2.47. The summed E-state index contributed by atoms with van der Waals surface area (Å²) in [7, 11) is 1.54. The largest absolute Gasteiger partial charge is 0.383 e. The molecule has 1 aliphatic heterocycles. The summed E-state index contributed by atoms with van der Waals surface area (Å²) in [5.74, 6) is -1.25. The van der Waals surface area contributed by atoms with Crippen LogP contribution in [-0.2, 0) is 19.1 Å². The topological polar surface area (TPSA) is 79.9 Å². The molecule has 7 nitrogen and oxygen atoms in total. The van der Waals surface area contributed by atoms with Gasteiger partial charge in [0.05, 0.1) is 25.9 Å². The summed E-state index contributed by atoms with van der Waals surface area (Å²) in [5.41, 5.74) is 1.15. The number of thiophene rings is 1. The number of carbonyl (C=O) groups is 2. The van der Waals surface area contributed by atoms with Crippen molar-refractivity contribution in [3.05, 3.63) is 22.4 Å². The van der Waals surface area contributed by atoms with Gasteiger partial charge in [-0.25, -0.2) is 0 Å². The number of methoxy groups -OCH3 is 1. The molecular formula is C15H23N3O4S. The number of carbonyl (C=O) groups excluding carboxylic acids is 2. The van der Waals surface area contributed by atoms with Crippen molar-refractivity contribution < 1.29 is 19.1 Å². The molecule has 2 amide bonds. The number of nitrogens with zero attached hydrogens (tertiary/aromatic N) is 1. The highest BCUT2D eigenvalue weighted by atomic mass is 32.1. The van der Waals surface area contributed by atoms with Crippen LogP contribution in [-0.4, -0.2) is 69.8 Å². The summed E-state index contributed by atoms with van der Waals surface area (Å²) >= 11 is 1.62. The lowest BCUT2D eigenvalue weighted by Gasteiger charge is -2.34. The molecule has 0 radical (unpaired) electrons. The van der Waals surface area contributed by atoms with Crippen LogP contribution in [0.15, 0.2) is 16.8 Å². The van der Waals surface area contributed by atoms with Crippen LogP contribution in [0.25, 0.3) is 0 Å². The monoisotopic (exact) mass is 341 g/mol. The van der Waals surface area contributed by atoms with E-state index < -0.39 is 11.8 Å². The molecule has 23 heavy (non-hydrogen) atoms. The molecular weight excluding hydrogens is 318 g/mol. The predicted octanol–water partition coefficient (Wildman–Crippen LogP) is 0.000200. The Bertz CT molecular complexity index is 489. The van der Waals surface area contributed by atoms with Gasteiger partial charge in [0.15, 0.2) is 0 Å². The second kappa shape index (κ2) is 9.61. The third-order valence-corrected chi connectivity index (χ3v) is 4.37. The summed E-state index contributed by atoms with van der Waals surface area (Å²) < 4.78 is 10.2. The number of ether oxygens (including phenoxy) is 2. The molecule has 2 rings (SSSR count). The molecule has 0 spiro atoms. The lowest BCUT2D eigenvalue weighted by atomic mass is 10.1. The fourth-order valence-electron chi connectivity index (χ4n) is 2.43. The Labute approximate surface area is 139 Å². The molecule has 2 heterocycles. The van der Waals surface area contributed by atoms with Crippen molar-refractivity contribution in [1.82, 2.24) is 15.5 Å². The Morgan fingerprint density at radius 1 is 1.35 bits per heavy atom. The van der Waals surface area contributed by atoms with Crippen LogP contribution in [0.4, 0.5) is 0 Å². The molecule has 1 unspecified atom stereocenters. The number of rotatable bonds is 7. The summed E-state index contributed by atoms with van der Waals surface area (Å²) in [6.45, 7) is 4.10. The Kier molecular flexibility index (Phi) is 7.47. The van der Waals surface area contributed by atoms with Gasteiger partial charge in [-0.2, -0.15) is 11.3 Å². The van der Waals surface area contributed by atoms with Crippen LogP contribution in [0, 0.1) is 0 Å². The Morgan fingerprint density at radius 2 is 2.09 bits per heavy atom. The molecule has 1 aliphatic rings. The molecule has 1 saturated heterocycles. The van der Waals surface area contributed by atoms with Crippen molar-refractivity contribution in [3.8, 4) is 0 Å². The first-order valence-electron chi connectivity index (χ1n) is 7.61. The molecule has 0 aliphatic carbocycles. The highest BCUT2D eigenvalue weighted by molar-refractivity contribution is 7.07. The van der Waals surface area contributed by atoms with Gasteiger partial charge >= 0.3 is 11.8 Å². The maximum absolute atomic E-state index is 11.9. The normalized spacial score (nSPS) is 16.7. The van der Waals surface area contributed by atoms with Gasteiger partial charge in [0.2, 0.25) is 0 Å². The highest BCUT2D eigenvalue weighted by Crippen LogP contribution is 2.23. The van der Waals surface area contributed by atoms with E-state index in [1.807, 2.05) is 5.38 Å². The number of morpholine rings is 1. The number of hydrogen-bond donors (Lipinski definition) is 2. The zero-order valence-corrected chi connectivity index (χ0v) is 14.1. The van der Waals surface area contributed by atoms with E-state index in [-0.39, 0.29) is 6.04 Å². The summed E-state index contributed by atoms with van der Waals surface area (Å²) in [6, 6.07) is 2.11. The van der Waals surface area contributed by atoms with Crippen LogP contribution in [0.3, 0.4) is 0 Å². The fraction of sp³-hybridized carbons (Fsp3) is 0.600. The van der Waals surface area contributed by atoms with Gasteiger partial charge in [-0.1, -0.05) is 0 Å². The van der Waals surface area contributed by atoms with Crippen molar-refractivity contribution >= 4 is 23.2 Å². The molecule has 1 aromatic rings. The van der Waals surface area contributed by atoms with Crippen LogP contribution in [0.1, 0.15) is 11.6 Å². The van der Waals surface area contributed by atoms with Crippen LogP contribution in [0.5, 0.6) is 0 Å². The number of amides is 2. The smallest absolute Gasteiger partial charge is 0.309 e. The van der Waals surface area contributed by atoms with Crippen LogP contribution < -0.4 is 10.6 Å². The minimum absolute atomic E-state index is 0.0564. The van der Waals surface area contributed by atoms with Gasteiger partial charge in [-0.3, -0.25) is 14.5 Å². The SMILES string of the molecule is COCCNC(=O)C(=O)NCC(c1ccsc1)N1CCOCC1. The van der Waals surface area contributed by atoms with E-state index >= 15 is 0 Å². The maximum Gasteiger partial charge on any atom is 0.309 e. The predicted molar refractivity (Wildman–Crippen MR) is 87.3 cm³/mol. The second-order valence-corrected chi connectivity index (χ2v) is 5.96. The van der Waals surface area contributed by atoms with E-state index in [2.05, 4.69) is 27.0 Å². The zero-order valence-electron chi connectivity index (χ0n) is 13.2. The van der Waals surface area contributed by atoms with E-state index in [4.69, 9.17) is 9.47 Å². The second-order valence-electron chi connectivity index (χ2n) is 5.18. The van der Waals surface area contributed by atoms with Crippen molar-refractivity contribution in [2.75, 3.05) is 53.1 Å². The molecule has 0 bridgehead atoms. The first kappa shape index (κ1) is 17.9. The van der Waals surface area contributed by atoms with Crippen molar-refractivity contribution in [2.24, 2.45) is 0 Å². The van der Waals surface area contributed by atoms with E-state index in [0.29, 0.717) is 32.9 Å². The third kappa shape index (κ3) is 5.58. The summed E-state index contributed by atoms with van der Waals surface area (Å²) in [5, 5.41) is 9.33. The van der Waals surface area contributed by atoms with Crippen molar-refractivity contribution in [2.45, 2.75) is 6.04 Å². The Hall–Kier alpha value is -1.48. The van der Waals surface area contributed by atoms with E-state index in [1.165, 1.54) is 0 Å². The lowest BCUT2D eigenvalue weighted by molar-refractivity contribution is -0.139. The molecule has 1 aromatic heterocycles. The van der Waals surface area contributed by atoms with Gasteiger partial charge in [-0.15, -0.1) is 0 Å². The van der Waals surface area contributed by atoms with Crippen LogP contribution in [0.2, 0.25) is 0 Å². The molecule has 8 heteroatoms. The zero-order chi connectivity index (χ0) is 16.5. The van der Waals surface area contributed by atoms with E-state index in [0.717, 1.165) is 18.7 Å². The Morgan fingerprint density at radius 3 is 2.74 bits per heavy atom. The minimum Gasteiger partial charge on any atom is -0.383 e. The fourth-order valence-corrected chi connectivity index (χ4v) is 3.14. The third-order valence-electron chi connectivity index (χ3n) is 3.67. The van der Waals surface area contributed by atoms with Crippen molar-refractivity contribution in [1.29, 1.82) is 0 Å². The molecule has 2 N–H and O–H groups in total. The average Bonchev–Trinajstić information content (AvgIpc) is 3.10. The Balaban J connectivity index is 1.88. The van der Waals surface area contributed by atoms with Gasteiger partial charge in [0.25, 0.3) is 0 Å². The van der Waals surface area contributed by atoms with Gasteiger partial charge in [0.1, 0.15) is 0 Å². The van der Waals surface area contributed by atoms with Gasteiger partial charge in [-0.05, 0) is 22.4 Å². The summed E-state index contributed by atoms with van der Waals surface area (Å²) in [4.78, 5) is 25.8.